The fourth-order valence-electron chi connectivity index (χ4n) is 1.84. The smallest absolute Gasteiger partial charge is 0.130 e. The van der Waals surface area contributed by atoms with E-state index in [2.05, 4.69) is 59.0 Å². The van der Waals surface area contributed by atoms with Crippen molar-refractivity contribution in [2.24, 2.45) is 0 Å². The highest BCUT2D eigenvalue weighted by Gasteiger charge is 2.19. The second-order valence-corrected chi connectivity index (χ2v) is 5.81. The van der Waals surface area contributed by atoms with Gasteiger partial charge in [-0.15, -0.1) is 12.6 Å². The molecule has 94 valence electrons. The van der Waals surface area contributed by atoms with Gasteiger partial charge in [-0.2, -0.15) is 0 Å². The highest BCUT2D eigenvalue weighted by Crippen LogP contribution is 2.36. The predicted molar refractivity (Wildman–Crippen MR) is 79.1 cm³/mol. The van der Waals surface area contributed by atoms with Gasteiger partial charge in [-0.25, -0.2) is 0 Å². The molecule has 17 heavy (non-hydrogen) atoms. The molecule has 1 aromatic rings. The van der Waals surface area contributed by atoms with Crippen molar-refractivity contribution in [2.45, 2.75) is 39.5 Å². The third-order valence-corrected chi connectivity index (χ3v) is 3.17. The minimum Gasteiger partial charge on any atom is -0.496 e. The first-order valence-electron chi connectivity index (χ1n) is 5.90. The highest BCUT2D eigenvalue weighted by molar-refractivity contribution is 7.90. The molecule has 0 unspecified atom stereocenters. The Labute approximate surface area is 110 Å². The normalized spacial score (nSPS) is 11.4. The molecule has 0 bridgehead atoms. The Morgan fingerprint density at radius 2 is 1.94 bits per heavy atom. The fraction of sp³-hybridized carbons (Fsp3) is 0.467. The van der Waals surface area contributed by atoms with Crippen molar-refractivity contribution in [1.82, 2.24) is 0 Å². The van der Waals surface area contributed by atoms with E-state index >= 15 is 0 Å². The second-order valence-electron chi connectivity index (χ2n) is 5.27. The summed E-state index contributed by atoms with van der Waals surface area (Å²) >= 11 is 4.37. The summed E-state index contributed by atoms with van der Waals surface area (Å²) in [5, 5.41) is 0. The van der Waals surface area contributed by atoms with Crippen LogP contribution in [0.3, 0.4) is 0 Å². The van der Waals surface area contributed by atoms with Gasteiger partial charge in [0.15, 0.2) is 0 Å². The molecule has 0 N–H and O–H groups in total. The molecule has 2 heteroatoms. The predicted octanol–water partition coefficient (Wildman–Crippen LogP) is 4.46. The van der Waals surface area contributed by atoms with Crippen molar-refractivity contribution >= 4 is 17.5 Å². The molecule has 1 aromatic carbocycles. The summed E-state index contributed by atoms with van der Waals surface area (Å²) in [6.07, 6.45) is 0.946. The summed E-state index contributed by atoms with van der Waals surface area (Å²) in [7, 11) is 1.70. The quantitative estimate of drug-likeness (QED) is 0.779. The molecule has 0 saturated heterocycles. The van der Waals surface area contributed by atoms with Crippen LogP contribution in [0.2, 0.25) is 0 Å². The number of benzene rings is 1. The summed E-state index contributed by atoms with van der Waals surface area (Å²) in [4.78, 5) is 0.752. The van der Waals surface area contributed by atoms with Crippen molar-refractivity contribution in [3.8, 4) is 5.75 Å². The van der Waals surface area contributed by atoms with E-state index in [0.29, 0.717) is 0 Å². The van der Waals surface area contributed by atoms with E-state index in [1.54, 1.807) is 7.11 Å². The van der Waals surface area contributed by atoms with Crippen LogP contribution in [0.5, 0.6) is 5.75 Å². The van der Waals surface area contributed by atoms with Crippen molar-refractivity contribution < 1.29 is 4.74 Å². The van der Waals surface area contributed by atoms with Gasteiger partial charge in [-0.1, -0.05) is 40.3 Å². The molecule has 0 amide bonds. The first-order valence-corrected chi connectivity index (χ1v) is 6.35. The van der Waals surface area contributed by atoms with Gasteiger partial charge in [0, 0.05) is 10.5 Å². The summed E-state index contributed by atoms with van der Waals surface area (Å²) < 4.78 is 5.49. The van der Waals surface area contributed by atoms with Crippen molar-refractivity contribution in [2.75, 3.05) is 7.11 Å². The van der Waals surface area contributed by atoms with E-state index in [-0.39, 0.29) is 5.41 Å². The number of aryl methyl sites for hydroxylation is 1. The van der Waals surface area contributed by atoms with E-state index < -0.39 is 0 Å². The molecule has 0 radical (unpaired) electrons. The maximum absolute atomic E-state index is 5.49. The third kappa shape index (κ3) is 3.06. The number of ether oxygens (including phenoxy) is 1. The van der Waals surface area contributed by atoms with Crippen LogP contribution in [0.4, 0.5) is 0 Å². The van der Waals surface area contributed by atoms with Crippen LogP contribution in [0.25, 0.3) is 4.91 Å². The van der Waals surface area contributed by atoms with Crippen LogP contribution in [0, 0.1) is 0 Å². The van der Waals surface area contributed by atoms with Gasteiger partial charge in [0.2, 0.25) is 0 Å². The topological polar surface area (TPSA) is 9.23 Å². The Kier molecular flexibility index (Phi) is 4.31. The van der Waals surface area contributed by atoms with Crippen LogP contribution in [0.15, 0.2) is 18.7 Å². The van der Waals surface area contributed by atoms with Gasteiger partial charge < -0.3 is 4.74 Å². The van der Waals surface area contributed by atoms with Gasteiger partial charge >= 0.3 is 0 Å². The van der Waals surface area contributed by atoms with Crippen molar-refractivity contribution in [3.05, 3.63) is 35.4 Å². The average Bonchev–Trinajstić information content (AvgIpc) is 2.25. The first-order chi connectivity index (χ1) is 7.81. The molecule has 0 aliphatic heterocycles. The molecule has 0 saturated carbocycles. The van der Waals surface area contributed by atoms with Crippen molar-refractivity contribution in [1.29, 1.82) is 0 Å². The third-order valence-electron chi connectivity index (χ3n) is 2.93. The monoisotopic (exact) mass is 250 g/mol. The Hall–Kier alpha value is -0.890. The van der Waals surface area contributed by atoms with Crippen LogP contribution >= 0.6 is 12.6 Å². The van der Waals surface area contributed by atoms with Crippen LogP contribution < -0.4 is 4.74 Å². The molecule has 0 heterocycles. The molecule has 0 aliphatic carbocycles. The van der Waals surface area contributed by atoms with Crippen molar-refractivity contribution in [3.63, 3.8) is 0 Å². The molecule has 0 atom stereocenters. The molecule has 1 rings (SSSR count). The zero-order chi connectivity index (χ0) is 13.2. The first kappa shape index (κ1) is 14.2. The van der Waals surface area contributed by atoms with E-state index in [4.69, 9.17) is 4.74 Å². The van der Waals surface area contributed by atoms with E-state index in [0.717, 1.165) is 22.6 Å². The van der Waals surface area contributed by atoms with Gasteiger partial charge in [0.25, 0.3) is 0 Å². The van der Waals surface area contributed by atoms with Gasteiger partial charge in [-0.05, 0) is 29.0 Å². The fourth-order valence-corrected chi connectivity index (χ4v) is 2.01. The molecular formula is C15H22OS. The summed E-state index contributed by atoms with van der Waals surface area (Å²) in [6.45, 7) is 12.7. The largest absolute Gasteiger partial charge is 0.496 e. The molecule has 0 fully saturated rings. The zero-order valence-electron chi connectivity index (χ0n) is 11.4. The lowest BCUT2D eigenvalue weighted by Crippen LogP contribution is -2.12. The minimum atomic E-state index is 0.119. The lowest BCUT2D eigenvalue weighted by Gasteiger charge is -2.23. The number of thiol groups is 1. The van der Waals surface area contributed by atoms with E-state index in [9.17, 15) is 0 Å². The van der Waals surface area contributed by atoms with Gasteiger partial charge in [0.1, 0.15) is 5.75 Å². The van der Waals surface area contributed by atoms with Gasteiger partial charge in [0.05, 0.1) is 7.11 Å². The Morgan fingerprint density at radius 1 is 1.35 bits per heavy atom. The summed E-state index contributed by atoms with van der Waals surface area (Å²) in [5.41, 5.74) is 3.62. The maximum atomic E-state index is 5.49. The minimum absolute atomic E-state index is 0.119. The van der Waals surface area contributed by atoms with Crippen LogP contribution in [0.1, 0.15) is 44.4 Å². The van der Waals surface area contributed by atoms with E-state index in [1.165, 1.54) is 11.1 Å². The van der Waals surface area contributed by atoms with Crippen LogP contribution in [-0.2, 0) is 11.8 Å². The molecular weight excluding hydrogens is 228 g/mol. The molecule has 1 nitrogen and oxygen atoms in total. The molecule has 0 aromatic heterocycles. The lowest BCUT2D eigenvalue weighted by molar-refractivity contribution is 0.408. The maximum Gasteiger partial charge on any atom is 0.130 e. The lowest BCUT2D eigenvalue weighted by atomic mass is 9.84. The Balaban J connectivity index is 3.51. The summed E-state index contributed by atoms with van der Waals surface area (Å²) in [5.74, 6) is 0.903. The number of methoxy groups -OCH3 is 1. The molecule has 0 spiro atoms. The number of hydrogen-bond acceptors (Lipinski definition) is 2. The van der Waals surface area contributed by atoms with Crippen LogP contribution in [-0.4, -0.2) is 7.11 Å². The zero-order valence-corrected chi connectivity index (χ0v) is 12.3. The Morgan fingerprint density at radius 3 is 2.29 bits per heavy atom. The van der Waals surface area contributed by atoms with Gasteiger partial charge in [-0.3, -0.25) is 0 Å². The standard InChI is InChI=1S/C15H22OS/c1-7-11-8-12(15(3,4)5)9-13(10(2)17)14(11)16-6/h8-9,17H,2,7H2,1,3-6H3. The van der Waals surface area contributed by atoms with E-state index in [1.807, 2.05) is 0 Å². The number of hydrogen-bond donors (Lipinski definition) is 1. The second kappa shape index (κ2) is 5.18. The molecule has 0 aliphatic rings. The average molecular weight is 250 g/mol. The Bertz CT molecular complexity index is 427. The summed E-state index contributed by atoms with van der Waals surface area (Å²) in [6, 6.07) is 4.35. The SMILES string of the molecule is C=C(S)c1cc(C(C)(C)C)cc(CC)c1OC. The number of rotatable bonds is 3. The highest BCUT2D eigenvalue weighted by atomic mass is 32.1.